The van der Waals surface area contributed by atoms with E-state index in [0.29, 0.717) is 25.7 Å². The van der Waals surface area contributed by atoms with Crippen LogP contribution in [0.3, 0.4) is 0 Å². The van der Waals surface area contributed by atoms with E-state index in [1.54, 1.807) is 0 Å². The SMILES string of the molecule is O=S(=O)(c1ccc(OC(F)F)cc1)N1CCOC2(CCN(C3CCOCC3)C2)C1. The van der Waals surface area contributed by atoms with Crippen molar-refractivity contribution in [3.63, 3.8) is 0 Å². The molecule has 0 aliphatic carbocycles. The first-order valence-electron chi connectivity index (χ1n) is 9.89. The van der Waals surface area contributed by atoms with Crippen molar-refractivity contribution in [3.8, 4) is 5.75 Å². The lowest BCUT2D eigenvalue weighted by atomic mass is 10.0. The van der Waals surface area contributed by atoms with Gasteiger partial charge in [0, 0.05) is 45.4 Å². The zero-order chi connectivity index (χ0) is 20.5. The van der Waals surface area contributed by atoms with Gasteiger partial charge in [-0.1, -0.05) is 0 Å². The Hall–Kier alpha value is -1.33. The molecular weight excluding hydrogens is 406 g/mol. The van der Waals surface area contributed by atoms with Crippen molar-refractivity contribution < 1.29 is 31.4 Å². The van der Waals surface area contributed by atoms with Gasteiger partial charge in [-0.3, -0.25) is 4.90 Å². The summed E-state index contributed by atoms with van der Waals surface area (Å²) in [5.41, 5.74) is -0.498. The van der Waals surface area contributed by atoms with Crippen molar-refractivity contribution in [2.75, 3.05) is 46.0 Å². The van der Waals surface area contributed by atoms with Crippen LogP contribution in [0.4, 0.5) is 8.78 Å². The minimum atomic E-state index is -3.74. The standard InChI is InChI=1S/C19H26F2N2O5S/c20-18(21)28-16-1-3-17(4-2-16)29(24,25)23-9-12-27-19(14-23)7-8-22(13-19)15-5-10-26-11-6-15/h1-4,15,18H,5-14H2. The minimum Gasteiger partial charge on any atom is -0.435 e. The third-order valence-corrected chi connectivity index (χ3v) is 7.81. The summed E-state index contributed by atoms with van der Waals surface area (Å²) in [7, 11) is -3.74. The highest BCUT2D eigenvalue weighted by atomic mass is 32.2. The molecule has 0 aromatic heterocycles. The Labute approximate surface area is 169 Å². The minimum absolute atomic E-state index is 0.0652. The van der Waals surface area contributed by atoms with Crippen LogP contribution < -0.4 is 4.74 Å². The molecule has 7 nitrogen and oxygen atoms in total. The van der Waals surface area contributed by atoms with Crippen molar-refractivity contribution in [2.24, 2.45) is 0 Å². The molecule has 3 fully saturated rings. The average Bonchev–Trinajstić information content (AvgIpc) is 3.12. The Morgan fingerprint density at radius 3 is 2.48 bits per heavy atom. The fraction of sp³-hybridized carbons (Fsp3) is 0.684. The first kappa shape index (κ1) is 20.9. The van der Waals surface area contributed by atoms with Crippen LogP contribution in [0.2, 0.25) is 0 Å². The van der Waals surface area contributed by atoms with Crippen LogP contribution in [0.5, 0.6) is 5.75 Å². The first-order valence-corrected chi connectivity index (χ1v) is 11.3. The summed E-state index contributed by atoms with van der Waals surface area (Å²) in [5, 5.41) is 0. The highest BCUT2D eigenvalue weighted by Gasteiger charge is 2.47. The number of nitrogens with zero attached hydrogens (tertiary/aromatic N) is 2. The Balaban J connectivity index is 1.45. The lowest BCUT2D eigenvalue weighted by molar-refractivity contribution is -0.0846. The Bertz CT molecular complexity index is 801. The molecule has 1 aromatic rings. The van der Waals surface area contributed by atoms with E-state index < -0.39 is 22.2 Å². The summed E-state index contributed by atoms with van der Waals surface area (Å²) >= 11 is 0. The van der Waals surface area contributed by atoms with Crippen molar-refractivity contribution in [1.29, 1.82) is 0 Å². The van der Waals surface area contributed by atoms with Gasteiger partial charge in [0.1, 0.15) is 5.75 Å². The molecule has 3 saturated heterocycles. The van der Waals surface area contributed by atoms with Gasteiger partial charge in [-0.2, -0.15) is 13.1 Å². The van der Waals surface area contributed by atoms with E-state index in [2.05, 4.69) is 9.64 Å². The number of hydrogen-bond acceptors (Lipinski definition) is 6. The molecule has 3 aliphatic heterocycles. The predicted molar refractivity (Wildman–Crippen MR) is 101 cm³/mol. The number of morpholine rings is 1. The number of hydrogen-bond donors (Lipinski definition) is 0. The first-order chi connectivity index (χ1) is 13.9. The van der Waals surface area contributed by atoms with E-state index in [4.69, 9.17) is 9.47 Å². The van der Waals surface area contributed by atoms with E-state index >= 15 is 0 Å². The smallest absolute Gasteiger partial charge is 0.387 e. The summed E-state index contributed by atoms with van der Waals surface area (Å²) in [6, 6.07) is 5.56. The van der Waals surface area contributed by atoms with E-state index in [1.807, 2.05) is 0 Å². The molecule has 3 aliphatic rings. The van der Waals surface area contributed by atoms with Gasteiger partial charge in [0.05, 0.1) is 17.1 Å². The molecular formula is C19H26F2N2O5S. The highest BCUT2D eigenvalue weighted by molar-refractivity contribution is 7.89. The average molecular weight is 432 g/mol. The van der Waals surface area contributed by atoms with Gasteiger partial charge in [-0.15, -0.1) is 0 Å². The number of sulfonamides is 1. The van der Waals surface area contributed by atoms with Crippen molar-refractivity contribution in [3.05, 3.63) is 24.3 Å². The number of likely N-dealkylation sites (tertiary alicyclic amines) is 1. The fourth-order valence-corrected chi connectivity index (χ4v) is 5.94. The third kappa shape index (κ3) is 4.56. The molecule has 0 N–H and O–H groups in total. The Kier molecular flexibility index (Phi) is 6.08. The fourth-order valence-electron chi connectivity index (χ4n) is 4.44. The molecule has 0 saturated carbocycles. The second-order valence-electron chi connectivity index (χ2n) is 7.78. The molecule has 10 heteroatoms. The topological polar surface area (TPSA) is 68.3 Å². The van der Waals surface area contributed by atoms with Crippen LogP contribution in [0, 0.1) is 0 Å². The number of rotatable bonds is 5. The van der Waals surface area contributed by atoms with Crippen LogP contribution in [-0.2, 0) is 19.5 Å². The largest absolute Gasteiger partial charge is 0.435 e. The molecule has 1 aromatic carbocycles. The van der Waals surface area contributed by atoms with Gasteiger partial charge >= 0.3 is 6.61 Å². The van der Waals surface area contributed by atoms with Gasteiger partial charge in [-0.25, -0.2) is 8.42 Å². The molecule has 1 unspecified atom stereocenters. The zero-order valence-electron chi connectivity index (χ0n) is 16.1. The number of benzene rings is 1. The van der Waals surface area contributed by atoms with Gasteiger partial charge in [0.25, 0.3) is 0 Å². The molecule has 0 amide bonds. The number of ether oxygens (including phenoxy) is 3. The summed E-state index contributed by atoms with van der Waals surface area (Å²) < 4.78 is 68.1. The van der Waals surface area contributed by atoms with E-state index in [0.717, 1.165) is 39.0 Å². The summed E-state index contributed by atoms with van der Waals surface area (Å²) in [6.07, 6.45) is 2.77. The molecule has 0 radical (unpaired) electrons. The maximum absolute atomic E-state index is 13.1. The maximum Gasteiger partial charge on any atom is 0.387 e. The summed E-state index contributed by atoms with van der Waals surface area (Å²) in [6.45, 7) is 1.09. The van der Waals surface area contributed by atoms with E-state index in [9.17, 15) is 17.2 Å². The van der Waals surface area contributed by atoms with Crippen LogP contribution >= 0.6 is 0 Å². The van der Waals surface area contributed by atoms with Crippen LogP contribution in [0.25, 0.3) is 0 Å². The molecule has 162 valence electrons. The second kappa shape index (κ2) is 8.43. The Morgan fingerprint density at radius 2 is 1.79 bits per heavy atom. The van der Waals surface area contributed by atoms with E-state index in [1.165, 1.54) is 28.6 Å². The number of alkyl halides is 2. The highest BCUT2D eigenvalue weighted by Crippen LogP contribution is 2.34. The normalized spacial score (nSPS) is 27.7. The number of halogens is 2. The van der Waals surface area contributed by atoms with Gasteiger partial charge in [-0.05, 0) is 43.5 Å². The molecule has 29 heavy (non-hydrogen) atoms. The third-order valence-electron chi connectivity index (χ3n) is 5.95. The van der Waals surface area contributed by atoms with Crippen LogP contribution in [0.15, 0.2) is 29.2 Å². The van der Waals surface area contributed by atoms with Crippen LogP contribution in [0.1, 0.15) is 19.3 Å². The quantitative estimate of drug-likeness (QED) is 0.708. The predicted octanol–water partition coefficient (Wildman–Crippen LogP) is 1.93. The van der Waals surface area contributed by atoms with Gasteiger partial charge < -0.3 is 14.2 Å². The maximum atomic E-state index is 13.1. The summed E-state index contributed by atoms with van der Waals surface area (Å²) in [5.74, 6) is -0.0692. The van der Waals surface area contributed by atoms with Gasteiger partial charge in [0.2, 0.25) is 10.0 Å². The Morgan fingerprint density at radius 1 is 1.07 bits per heavy atom. The monoisotopic (exact) mass is 432 g/mol. The van der Waals surface area contributed by atoms with Crippen molar-refractivity contribution >= 4 is 10.0 Å². The second-order valence-corrected chi connectivity index (χ2v) is 9.72. The molecule has 0 bridgehead atoms. The van der Waals surface area contributed by atoms with Gasteiger partial charge in [0.15, 0.2) is 0 Å². The van der Waals surface area contributed by atoms with E-state index in [-0.39, 0.29) is 17.2 Å². The molecule has 1 atom stereocenters. The molecule has 1 spiro atoms. The van der Waals surface area contributed by atoms with Crippen molar-refractivity contribution in [1.82, 2.24) is 9.21 Å². The molecule has 3 heterocycles. The lowest BCUT2D eigenvalue weighted by Gasteiger charge is -2.40. The molecule has 4 rings (SSSR count). The summed E-state index contributed by atoms with van der Waals surface area (Å²) in [4.78, 5) is 2.46. The zero-order valence-corrected chi connectivity index (χ0v) is 17.0. The lowest BCUT2D eigenvalue weighted by Crippen LogP contribution is -2.55. The van der Waals surface area contributed by atoms with Crippen LogP contribution in [-0.4, -0.2) is 81.9 Å². The van der Waals surface area contributed by atoms with Crippen molar-refractivity contribution in [2.45, 2.75) is 42.4 Å².